The second kappa shape index (κ2) is 42.2. The number of para-hydroxylation sites is 3. The number of benzene rings is 8. The van der Waals surface area contributed by atoms with Gasteiger partial charge in [0.05, 0.1) is 92.8 Å². The van der Waals surface area contributed by atoms with Gasteiger partial charge in [0.2, 0.25) is 46.0 Å². The first-order chi connectivity index (χ1) is 67.0. The van der Waals surface area contributed by atoms with Crippen molar-refractivity contribution in [3.8, 4) is 34.0 Å². The largest absolute Gasteiger partial charge is 0.361 e. The lowest BCUT2D eigenvalue weighted by Crippen LogP contribution is -2.29. The summed E-state index contributed by atoms with van der Waals surface area (Å²) < 4.78 is 105. The van der Waals surface area contributed by atoms with Crippen LogP contribution in [0, 0.1) is 0 Å². The maximum Gasteiger partial charge on any atom is 0.327 e. The molecule has 16 aromatic rings. The molecule has 0 bridgehead atoms. The second-order valence-corrected chi connectivity index (χ2v) is 44.7. The van der Waals surface area contributed by atoms with Crippen molar-refractivity contribution in [3.63, 3.8) is 0 Å². The molecule has 0 fully saturated rings. The highest BCUT2D eigenvalue weighted by molar-refractivity contribution is 7.90. The summed E-state index contributed by atoms with van der Waals surface area (Å²) in [6.07, 6.45) is 5.47. The van der Waals surface area contributed by atoms with Gasteiger partial charge in [-0.05, 0) is 152 Å². The number of fused-ring (bicyclic) bond motifs is 3. The summed E-state index contributed by atoms with van der Waals surface area (Å²) in [4.78, 5) is 119. The molecule has 16 rings (SSSR count). The average molecular weight is 2040 g/mol. The molecule has 0 atom stereocenters. The van der Waals surface area contributed by atoms with Crippen LogP contribution in [0.3, 0.4) is 0 Å². The Bertz CT molecular complexity index is 7790. The molecule has 8 aromatic carbocycles. The van der Waals surface area contributed by atoms with Crippen LogP contribution in [0.2, 0.25) is 0 Å². The Morgan fingerprint density at radius 1 is 0.322 bits per heavy atom. The lowest BCUT2D eigenvalue weighted by atomic mass is 9.92. The number of thiazole rings is 1. The van der Waals surface area contributed by atoms with E-state index in [1.165, 1.54) is 64.5 Å². The van der Waals surface area contributed by atoms with Crippen LogP contribution in [0.15, 0.2) is 248 Å². The Labute approximate surface area is 826 Å². The van der Waals surface area contributed by atoms with Gasteiger partial charge in [-0.3, -0.25) is 56.4 Å². The number of aromatic nitrogens is 13. The summed E-state index contributed by atoms with van der Waals surface area (Å²) in [5, 5.41) is 45.1. The molecule has 41 nitrogen and oxygen atoms in total. The van der Waals surface area contributed by atoms with Crippen LogP contribution < -0.4 is 61.4 Å². The lowest BCUT2D eigenvalue weighted by molar-refractivity contribution is 0.0972. The van der Waals surface area contributed by atoms with E-state index in [9.17, 15) is 72.0 Å². The van der Waals surface area contributed by atoms with Crippen molar-refractivity contribution in [1.82, 2.24) is 82.9 Å². The number of nitrogens with zero attached hydrogens (tertiary/aromatic N) is 11. The Morgan fingerprint density at radius 3 is 1.06 bits per heavy atom. The first kappa shape index (κ1) is 104. The second-order valence-electron chi connectivity index (χ2n) is 36.8. The van der Waals surface area contributed by atoms with Crippen molar-refractivity contribution < 1.29 is 72.0 Å². The highest BCUT2D eigenvalue weighted by Crippen LogP contribution is 2.34. The molecular formula is C97H103N25O16S5. The molecule has 0 spiro atoms. The van der Waals surface area contributed by atoms with E-state index in [4.69, 9.17) is 0 Å². The number of urea groups is 4. The van der Waals surface area contributed by atoms with Gasteiger partial charge >= 0.3 is 24.1 Å². The summed E-state index contributed by atoms with van der Waals surface area (Å²) in [6, 6.07) is 65.7. The van der Waals surface area contributed by atoms with E-state index in [-0.39, 0.29) is 43.9 Å². The van der Waals surface area contributed by atoms with E-state index < -0.39 is 87.8 Å². The summed E-state index contributed by atoms with van der Waals surface area (Å²) in [7, 11) is -14.7. The van der Waals surface area contributed by atoms with Crippen molar-refractivity contribution in [2.75, 3.05) is 67.6 Å². The van der Waals surface area contributed by atoms with Gasteiger partial charge in [0.1, 0.15) is 29.1 Å². The van der Waals surface area contributed by atoms with Crippen molar-refractivity contribution in [2.45, 2.75) is 105 Å². The SMILES string of the molecule is CC(C)(C)c1cc(NC(=O)Nc2ccc3[nH]ccc3c2)n(-c2ccc(C(=O)NS(C)(=O)=O)cc2)n1.CC(C)(C)c1cc(NC(=O)Nc2ccc3ccccc3n2)n(-c2ccc(C(=O)NS(C)(=O)=O)cc2)n1.CC(C)(C)c1cc(NC(=O)Nc2nc(-c3ccccc3)cs2)n(-c2ccc(C(=O)NS(C)(=O)=O)cc2)n1.CC(C)(C)c1cc(NC(=O)Nc2nc3ccccc3[nH]2)n(-c2ccc(C(=O)NS(C)(=O)=O)cc2)n1. The fourth-order valence-corrected chi connectivity index (χ4v) is 16.0. The summed E-state index contributed by atoms with van der Waals surface area (Å²) >= 11 is 1.32. The normalized spacial score (nSPS) is 11.8. The topological polar surface area (TPSA) is 559 Å². The lowest BCUT2D eigenvalue weighted by Gasteiger charge is -2.14. The fourth-order valence-electron chi connectivity index (χ4n) is 13.5. The van der Waals surface area contributed by atoms with Gasteiger partial charge in [0, 0.05) is 107 Å². The van der Waals surface area contributed by atoms with Gasteiger partial charge in [-0.15, -0.1) is 11.3 Å². The molecule has 143 heavy (non-hydrogen) atoms. The molecule has 0 aliphatic carbocycles. The molecule has 0 saturated heterocycles. The quantitative estimate of drug-likeness (QED) is 0.0318. The number of imidazole rings is 1. The molecule has 46 heteroatoms. The molecule has 8 aromatic heterocycles. The summed E-state index contributed by atoms with van der Waals surface area (Å²) in [5.41, 5.74) is 10.3. The zero-order valence-electron chi connectivity index (χ0n) is 80.2. The zero-order chi connectivity index (χ0) is 104. The number of rotatable bonds is 21. The summed E-state index contributed by atoms with van der Waals surface area (Å²) in [6.45, 7) is 24.0. The number of nitrogens with one attached hydrogen (secondary N) is 14. The number of pyridine rings is 1. The number of aromatic amines is 2. The van der Waals surface area contributed by atoms with Gasteiger partial charge < -0.3 is 15.3 Å². The highest BCUT2D eigenvalue weighted by Gasteiger charge is 2.29. The van der Waals surface area contributed by atoms with Gasteiger partial charge in [0.25, 0.3) is 23.6 Å². The third-order valence-electron chi connectivity index (χ3n) is 20.6. The minimum Gasteiger partial charge on any atom is -0.361 e. The third-order valence-corrected chi connectivity index (χ3v) is 23.5. The Hall–Kier alpha value is -16.6. The number of amides is 12. The van der Waals surface area contributed by atoms with Gasteiger partial charge in [-0.2, -0.15) is 20.4 Å². The number of hydrogen-bond donors (Lipinski definition) is 14. The molecule has 12 amide bonds. The molecule has 0 aliphatic heterocycles. The van der Waals surface area contributed by atoms with Crippen molar-refractivity contribution in [1.29, 1.82) is 0 Å². The van der Waals surface area contributed by atoms with Crippen LogP contribution in [-0.4, -0.2) is 170 Å². The number of sulfonamides is 4. The number of anilines is 8. The van der Waals surface area contributed by atoms with E-state index in [2.05, 4.69) is 87.8 Å². The van der Waals surface area contributed by atoms with E-state index in [0.29, 0.717) is 68.6 Å². The molecule has 0 aliphatic rings. The predicted molar refractivity (Wildman–Crippen MR) is 553 cm³/mol. The molecule has 8 heterocycles. The standard InChI is InChI=1S/C25H26N6O4S2.C25H26N6O4S.C24H26N6O4S.C23H25N7O4S/c1-25(2,3)20-14-21(27-23(33)28-24-26-19(15-36-24)16-8-6-5-7-9-16)31(29-20)18-12-10-17(11-13-18)22(32)30-37(4,34)35;1-25(2,3)20-15-22(28-24(33)27-21-14-11-16-7-5-6-8-19(16)26-21)31(29-20)18-12-9-17(10-13-18)23(32)30-36(4,34)35;1-24(2,3)20-14-21(27-23(32)26-17-7-10-19-16(13-17)11-12-25-19)30(28-20)18-8-5-15(6-9-18)22(31)29-35(4,33)34;1-23(2,3)18-13-19(26-22(32)27-21-24-16-7-5-6-8-17(16)25-21)30(28-18)15-11-9-14(10-12-15)20(31)29-35(4,33)34/h5-15H,1-4H3,(H,30,32)(H2,26,27,28,33);5-15H,1-4H3,(H,30,32)(H2,26,27,28,33);5-14,25H,1-4H3,(H,29,31)(H2,26,27,32);5-13H,1-4H3,(H,29,31)(H3,24,25,26,27,32). The van der Waals surface area contributed by atoms with Crippen LogP contribution in [0.1, 0.15) is 147 Å². The van der Waals surface area contributed by atoms with Gasteiger partial charge in [-0.1, -0.05) is 144 Å². The number of carbonyl (C=O) groups is 8. The Balaban J connectivity index is 0.000000160. The van der Waals surface area contributed by atoms with Crippen LogP contribution in [0.25, 0.3) is 66.8 Å². The monoisotopic (exact) mass is 2030 g/mol. The molecule has 0 saturated carbocycles. The van der Waals surface area contributed by atoms with Crippen molar-refractivity contribution in [2.24, 2.45) is 0 Å². The number of hydrogen-bond acceptors (Lipinski definition) is 24. The van der Waals surface area contributed by atoms with E-state index in [1.807, 2.05) is 217 Å². The molecular weight excluding hydrogens is 1930 g/mol. The maximum atomic E-state index is 12.8. The fraction of sp³-hybridized carbons (Fsp3) is 0.206. The van der Waals surface area contributed by atoms with Crippen molar-refractivity contribution in [3.05, 3.63) is 293 Å². The Kier molecular flexibility index (Phi) is 30.6. The molecule has 0 radical (unpaired) electrons. The van der Waals surface area contributed by atoms with Gasteiger partial charge in [-0.25, -0.2) is 105 Å². The molecule has 14 N–H and O–H groups in total. The van der Waals surface area contributed by atoms with E-state index in [1.54, 1.807) is 99.0 Å². The predicted octanol–water partition coefficient (Wildman–Crippen LogP) is 16.0. The minimum absolute atomic E-state index is 0.166. The highest BCUT2D eigenvalue weighted by atomic mass is 32.2. The average Bonchev–Trinajstić information content (AvgIpc) is 1.66. The van der Waals surface area contributed by atoms with Gasteiger partial charge in [0.15, 0.2) is 5.13 Å². The van der Waals surface area contributed by atoms with Crippen molar-refractivity contribution >= 4 is 178 Å². The number of carbonyl (C=O) groups excluding carboxylic acids is 8. The van der Waals surface area contributed by atoms with Crippen LogP contribution in [0.4, 0.5) is 65.0 Å². The number of H-pyrrole nitrogens is 2. The zero-order valence-corrected chi connectivity index (χ0v) is 84.2. The first-order valence-corrected chi connectivity index (χ1v) is 52.1. The third kappa shape index (κ3) is 28.6. The summed E-state index contributed by atoms with van der Waals surface area (Å²) in [5.74, 6) is -0.587. The van der Waals surface area contributed by atoms with Crippen LogP contribution in [-0.2, 0) is 61.8 Å². The maximum absolute atomic E-state index is 12.8. The van der Waals surface area contributed by atoms with Crippen LogP contribution in [0.5, 0.6) is 0 Å². The minimum atomic E-state index is -3.68. The first-order valence-electron chi connectivity index (χ1n) is 43.7. The molecule has 0 unspecified atom stereocenters. The smallest absolute Gasteiger partial charge is 0.327 e. The van der Waals surface area contributed by atoms with E-state index >= 15 is 0 Å². The Morgan fingerprint density at radius 2 is 0.678 bits per heavy atom. The molecule has 742 valence electrons. The van der Waals surface area contributed by atoms with Crippen LogP contribution >= 0.6 is 11.3 Å². The van der Waals surface area contributed by atoms with E-state index in [0.717, 1.165) is 91.9 Å².